The van der Waals surface area contributed by atoms with E-state index in [4.69, 9.17) is 9.84 Å². The fourth-order valence-electron chi connectivity index (χ4n) is 1.38. The summed E-state index contributed by atoms with van der Waals surface area (Å²) in [6.45, 7) is 3.98. The predicted molar refractivity (Wildman–Crippen MR) is 72.3 cm³/mol. The van der Waals surface area contributed by atoms with Crippen molar-refractivity contribution in [3.8, 4) is 5.75 Å². The maximum absolute atomic E-state index is 11.8. The monoisotopic (exact) mass is 263 g/mol. The van der Waals surface area contributed by atoms with Crippen LogP contribution in [0.25, 0.3) is 0 Å². The average Bonchev–Trinajstić information content (AvgIpc) is 2.36. The Bertz CT molecular complexity index is 494. The lowest BCUT2D eigenvalue weighted by molar-refractivity contribution is -0.131. The molecule has 0 saturated carbocycles. The highest BCUT2D eigenvalue weighted by molar-refractivity contribution is 6.06. The molecule has 0 unspecified atom stereocenters. The maximum Gasteiger partial charge on any atom is 0.328 e. The number of hydrogen-bond acceptors (Lipinski definition) is 3. The van der Waals surface area contributed by atoms with E-state index < -0.39 is 11.9 Å². The van der Waals surface area contributed by atoms with E-state index in [0.717, 1.165) is 12.5 Å². The van der Waals surface area contributed by atoms with E-state index >= 15 is 0 Å². The van der Waals surface area contributed by atoms with Gasteiger partial charge in [-0.15, -0.1) is 0 Å². The molecule has 2 N–H and O–H groups in total. The summed E-state index contributed by atoms with van der Waals surface area (Å²) in [5, 5.41) is 11.2. The molecule has 0 aliphatic rings. The number of benzene rings is 1. The standard InChI is InChI=1S/C14H17NO4/c1-3-8-19-12-7-5-4-6-11(12)15-14(18)10(2)9-13(16)17/h4-7,9H,3,8H2,1-2H3,(H,15,18)(H,16,17)/b10-9+. The summed E-state index contributed by atoms with van der Waals surface area (Å²) in [6.07, 6.45) is 1.73. The largest absolute Gasteiger partial charge is 0.491 e. The molecule has 5 nitrogen and oxygen atoms in total. The maximum atomic E-state index is 11.8. The molecule has 1 rings (SSSR count). The van der Waals surface area contributed by atoms with Crippen LogP contribution in [0.1, 0.15) is 20.3 Å². The second-order valence-corrected chi connectivity index (χ2v) is 3.96. The van der Waals surface area contributed by atoms with E-state index in [1.165, 1.54) is 6.92 Å². The van der Waals surface area contributed by atoms with Crippen LogP contribution in [0, 0.1) is 0 Å². The van der Waals surface area contributed by atoms with Gasteiger partial charge in [-0.2, -0.15) is 0 Å². The van der Waals surface area contributed by atoms with Crippen molar-refractivity contribution in [3.05, 3.63) is 35.9 Å². The highest BCUT2D eigenvalue weighted by Crippen LogP contribution is 2.24. The van der Waals surface area contributed by atoms with Crippen LogP contribution in [0.2, 0.25) is 0 Å². The van der Waals surface area contributed by atoms with Crippen molar-refractivity contribution in [2.75, 3.05) is 11.9 Å². The van der Waals surface area contributed by atoms with E-state index in [9.17, 15) is 9.59 Å². The first kappa shape index (κ1) is 14.8. The molecule has 0 aliphatic carbocycles. The molecule has 0 heterocycles. The zero-order valence-electron chi connectivity index (χ0n) is 11.0. The lowest BCUT2D eigenvalue weighted by Crippen LogP contribution is -2.14. The summed E-state index contributed by atoms with van der Waals surface area (Å²) in [4.78, 5) is 22.3. The number of ether oxygens (including phenoxy) is 1. The minimum absolute atomic E-state index is 0.123. The molecule has 19 heavy (non-hydrogen) atoms. The Morgan fingerprint density at radius 1 is 1.37 bits per heavy atom. The first-order valence-corrected chi connectivity index (χ1v) is 5.99. The van der Waals surface area contributed by atoms with Crippen molar-refractivity contribution in [1.29, 1.82) is 0 Å². The molecule has 1 aromatic carbocycles. The van der Waals surface area contributed by atoms with Gasteiger partial charge in [-0.05, 0) is 25.5 Å². The van der Waals surface area contributed by atoms with Gasteiger partial charge in [-0.25, -0.2) is 4.79 Å². The molecule has 0 atom stereocenters. The van der Waals surface area contributed by atoms with E-state index in [0.29, 0.717) is 18.0 Å². The lowest BCUT2D eigenvalue weighted by Gasteiger charge is -2.11. The SMILES string of the molecule is CCCOc1ccccc1NC(=O)/C(C)=C/C(=O)O. The molecule has 1 aromatic rings. The molecule has 0 aliphatic heterocycles. The number of aliphatic carboxylic acids is 1. The first-order valence-electron chi connectivity index (χ1n) is 5.99. The van der Waals surface area contributed by atoms with Gasteiger partial charge in [0.25, 0.3) is 5.91 Å². The Balaban J connectivity index is 2.81. The minimum atomic E-state index is -1.15. The summed E-state index contributed by atoms with van der Waals surface area (Å²) >= 11 is 0. The number of rotatable bonds is 6. The summed E-state index contributed by atoms with van der Waals surface area (Å²) in [6, 6.07) is 7.03. The highest BCUT2D eigenvalue weighted by Gasteiger charge is 2.09. The highest BCUT2D eigenvalue weighted by atomic mass is 16.5. The molecule has 0 aromatic heterocycles. The number of carbonyl (C=O) groups excluding carboxylic acids is 1. The van der Waals surface area contributed by atoms with Gasteiger partial charge in [0.1, 0.15) is 5.75 Å². The van der Waals surface area contributed by atoms with Crippen LogP contribution >= 0.6 is 0 Å². The average molecular weight is 263 g/mol. The number of hydrogen-bond donors (Lipinski definition) is 2. The molecule has 0 saturated heterocycles. The summed E-state index contributed by atoms with van der Waals surface area (Å²) in [5.74, 6) is -1.04. The number of para-hydroxylation sites is 2. The summed E-state index contributed by atoms with van der Waals surface area (Å²) in [5.41, 5.74) is 0.650. The molecule has 0 spiro atoms. The Morgan fingerprint density at radius 3 is 2.68 bits per heavy atom. The second-order valence-electron chi connectivity index (χ2n) is 3.96. The van der Waals surface area contributed by atoms with Gasteiger partial charge in [0.15, 0.2) is 0 Å². The van der Waals surface area contributed by atoms with Crippen LogP contribution < -0.4 is 10.1 Å². The third kappa shape index (κ3) is 4.83. The van der Waals surface area contributed by atoms with Crippen LogP contribution in [-0.2, 0) is 9.59 Å². The molecule has 1 amide bonds. The predicted octanol–water partition coefficient (Wildman–Crippen LogP) is 2.44. The number of carbonyl (C=O) groups is 2. The first-order chi connectivity index (χ1) is 9.04. The van der Waals surface area contributed by atoms with Crippen molar-refractivity contribution >= 4 is 17.6 Å². The molecular weight excluding hydrogens is 246 g/mol. The zero-order chi connectivity index (χ0) is 14.3. The molecule has 0 radical (unpaired) electrons. The Hall–Kier alpha value is -2.30. The van der Waals surface area contributed by atoms with Gasteiger partial charge in [0, 0.05) is 11.6 Å². The molecule has 102 valence electrons. The number of amides is 1. The van der Waals surface area contributed by atoms with Crippen molar-refractivity contribution in [1.82, 2.24) is 0 Å². The molecular formula is C14H17NO4. The number of anilines is 1. The van der Waals surface area contributed by atoms with Crippen LogP contribution in [0.5, 0.6) is 5.75 Å². The van der Waals surface area contributed by atoms with Gasteiger partial charge in [-0.3, -0.25) is 4.79 Å². The third-order valence-corrected chi connectivity index (χ3v) is 2.30. The number of nitrogens with one attached hydrogen (secondary N) is 1. The number of carboxylic acid groups (broad SMARTS) is 1. The van der Waals surface area contributed by atoms with E-state index in [1.807, 2.05) is 6.92 Å². The van der Waals surface area contributed by atoms with Crippen molar-refractivity contribution in [2.45, 2.75) is 20.3 Å². The van der Waals surface area contributed by atoms with Gasteiger partial charge >= 0.3 is 5.97 Å². The van der Waals surface area contributed by atoms with Gasteiger partial charge in [0.05, 0.1) is 12.3 Å². The molecule has 5 heteroatoms. The van der Waals surface area contributed by atoms with Gasteiger partial charge in [-0.1, -0.05) is 19.1 Å². The Morgan fingerprint density at radius 2 is 2.05 bits per heavy atom. The van der Waals surface area contributed by atoms with Gasteiger partial charge < -0.3 is 15.2 Å². The third-order valence-electron chi connectivity index (χ3n) is 2.30. The van der Waals surface area contributed by atoms with Crippen LogP contribution in [0.3, 0.4) is 0 Å². The van der Waals surface area contributed by atoms with Crippen molar-refractivity contribution in [3.63, 3.8) is 0 Å². The normalized spacial score (nSPS) is 10.9. The summed E-state index contributed by atoms with van der Waals surface area (Å²) < 4.78 is 5.50. The zero-order valence-corrected chi connectivity index (χ0v) is 11.0. The minimum Gasteiger partial charge on any atom is -0.491 e. The number of carboxylic acids is 1. The topological polar surface area (TPSA) is 75.6 Å². The fourth-order valence-corrected chi connectivity index (χ4v) is 1.38. The van der Waals surface area contributed by atoms with Crippen molar-refractivity contribution < 1.29 is 19.4 Å². The van der Waals surface area contributed by atoms with Crippen LogP contribution in [0.15, 0.2) is 35.9 Å². The molecule has 0 bridgehead atoms. The van der Waals surface area contributed by atoms with Gasteiger partial charge in [0.2, 0.25) is 0 Å². The smallest absolute Gasteiger partial charge is 0.328 e. The quantitative estimate of drug-likeness (QED) is 0.773. The Kier molecular flexibility index (Phi) is 5.60. The molecule has 0 fully saturated rings. The summed E-state index contributed by atoms with van der Waals surface area (Å²) in [7, 11) is 0. The van der Waals surface area contributed by atoms with E-state index in [1.54, 1.807) is 24.3 Å². The lowest BCUT2D eigenvalue weighted by atomic mass is 10.2. The van der Waals surface area contributed by atoms with Crippen LogP contribution in [0.4, 0.5) is 5.69 Å². The van der Waals surface area contributed by atoms with E-state index in [-0.39, 0.29) is 5.57 Å². The second kappa shape index (κ2) is 7.20. The Labute approximate surface area is 111 Å². The van der Waals surface area contributed by atoms with Crippen molar-refractivity contribution in [2.24, 2.45) is 0 Å². The fraction of sp³-hybridized carbons (Fsp3) is 0.286. The van der Waals surface area contributed by atoms with E-state index in [2.05, 4.69) is 5.32 Å². The van der Waals surface area contributed by atoms with Crippen LogP contribution in [-0.4, -0.2) is 23.6 Å².